The van der Waals surface area contributed by atoms with Gasteiger partial charge in [0.25, 0.3) is 0 Å². The van der Waals surface area contributed by atoms with E-state index in [-0.39, 0.29) is 24.4 Å². The average molecular weight is 411 g/mol. The van der Waals surface area contributed by atoms with Crippen LogP contribution in [-0.4, -0.2) is 51.4 Å². The van der Waals surface area contributed by atoms with Gasteiger partial charge in [-0.15, -0.1) is 0 Å². The van der Waals surface area contributed by atoms with Crippen LogP contribution < -0.4 is 29.3 Å². The highest BCUT2D eigenvalue weighted by atomic mass is 16.6. The molecule has 0 spiro atoms. The van der Waals surface area contributed by atoms with Gasteiger partial charge in [-0.1, -0.05) is 0 Å². The Kier molecular flexibility index (Phi) is 5.65. The number of carbonyl (C=O) groups excluding carboxylic acids is 2. The van der Waals surface area contributed by atoms with Gasteiger partial charge in [0, 0.05) is 37.0 Å². The number of methoxy groups -OCH3 is 1. The lowest BCUT2D eigenvalue weighted by atomic mass is 10.2. The number of hydrogen-bond acceptors (Lipinski definition) is 5. The Hall–Kier alpha value is -3.42. The van der Waals surface area contributed by atoms with Crippen LogP contribution in [0.2, 0.25) is 0 Å². The van der Waals surface area contributed by atoms with Crippen LogP contribution in [0.3, 0.4) is 0 Å². The summed E-state index contributed by atoms with van der Waals surface area (Å²) in [5.74, 6) is 2.01. The predicted molar refractivity (Wildman–Crippen MR) is 113 cm³/mol. The van der Waals surface area contributed by atoms with Crippen molar-refractivity contribution in [2.75, 3.05) is 43.2 Å². The summed E-state index contributed by atoms with van der Waals surface area (Å²) in [6.45, 7) is 3.83. The molecule has 158 valence electrons. The van der Waals surface area contributed by atoms with Crippen LogP contribution in [0.5, 0.6) is 17.2 Å². The van der Waals surface area contributed by atoms with Gasteiger partial charge in [-0.25, -0.2) is 4.79 Å². The zero-order valence-corrected chi connectivity index (χ0v) is 17.1. The lowest BCUT2D eigenvalue weighted by molar-refractivity contribution is -0.117. The second kappa shape index (κ2) is 8.52. The number of anilines is 2. The first kappa shape index (κ1) is 19.9. The molecular formula is C22H25N3O5. The molecule has 8 nitrogen and oxygen atoms in total. The van der Waals surface area contributed by atoms with Crippen molar-refractivity contribution in [3.8, 4) is 17.2 Å². The monoisotopic (exact) mass is 411 g/mol. The average Bonchev–Trinajstić information content (AvgIpc) is 3.14. The van der Waals surface area contributed by atoms with Crippen molar-refractivity contribution in [1.29, 1.82) is 0 Å². The van der Waals surface area contributed by atoms with Crippen molar-refractivity contribution in [2.45, 2.75) is 19.4 Å². The van der Waals surface area contributed by atoms with Gasteiger partial charge in [0.05, 0.1) is 13.2 Å². The highest BCUT2D eigenvalue weighted by Gasteiger charge is 2.33. The van der Waals surface area contributed by atoms with Crippen LogP contribution >= 0.6 is 0 Å². The van der Waals surface area contributed by atoms with E-state index in [4.69, 9.17) is 14.2 Å². The zero-order valence-electron chi connectivity index (χ0n) is 17.1. The normalized spacial score (nSPS) is 17.6. The quantitative estimate of drug-likeness (QED) is 0.818. The minimum absolute atomic E-state index is 0.0375. The first-order chi connectivity index (χ1) is 14.6. The summed E-state index contributed by atoms with van der Waals surface area (Å²) in [6, 6.07) is 12.3. The fourth-order valence-corrected chi connectivity index (χ4v) is 3.71. The molecule has 2 aliphatic heterocycles. The van der Waals surface area contributed by atoms with Gasteiger partial charge in [0.15, 0.2) is 11.5 Å². The molecule has 2 aromatic carbocycles. The zero-order chi connectivity index (χ0) is 21.1. The first-order valence-corrected chi connectivity index (χ1v) is 10.0. The maximum absolute atomic E-state index is 12.8. The topological polar surface area (TPSA) is 80.3 Å². The standard InChI is InChI=1S/C22H25N3O5/c1-3-24(16-4-7-18(28-2)8-5-16)22(27)23-15-12-21(26)25(14-15)17-6-9-19-20(13-17)30-11-10-29-19/h4-9,13,15H,3,10-12,14H2,1-2H3,(H,23,27)/t15-/m0/s1. The Morgan fingerprint density at radius 3 is 2.60 bits per heavy atom. The van der Waals surface area contributed by atoms with E-state index in [1.807, 2.05) is 49.4 Å². The molecule has 8 heteroatoms. The third-order valence-electron chi connectivity index (χ3n) is 5.24. The number of fused-ring (bicyclic) bond motifs is 1. The number of ether oxygens (including phenoxy) is 3. The van der Waals surface area contributed by atoms with Crippen LogP contribution in [0.25, 0.3) is 0 Å². The van der Waals surface area contributed by atoms with Crippen molar-refractivity contribution in [1.82, 2.24) is 5.32 Å². The minimum atomic E-state index is -0.273. The Morgan fingerprint density at radius 1 is 1.17 bits per heavy atom. The molecule has 0 radical (unpaired) electrons. The van der Waals surface area contributed by atoms with Gasteiger partial charge in [-0.3, -0.25) is 9.69 Å². The van der Waals surface area contributed by atoms with Crippen molar-refractivity contribution < 1.29 is 23.8 Å². The molecule has 0 unspecified atom stereocenters. The summed E-state index contributed by atoms with van der Waals surface area (Å²) >= 11 is 0. The molecular weight excluding hydrogens is 386 g/mol. The maximum atomic E-state index is 12.8. The summed E-state index contributed by atoms with van der Waals surface area (Å²) < 4.78 is 16.3. The first-order valence-electron chi connectivity index (χ1n) is 10.0. The fraction of sp³-hybridized carbons (Fsp3) is 0.364. The van der Waals surface area contributed by atoms with Crippen molar-refractivity contribution in [3.63, 3.8) is 0 Å². The highest BCUT2D eigenvalue weighted by molar-refractivity contribution is 5.98. The minimum Gasteiger partial charge on any atom is -0.497 e. The lowest BCUT2D eigenvalue weighted by Gasteiger charge is -2.24. The van der Waals surface area contributed by atoms with E-state index < -0.39 is 0 Å². The third kappa shape index (κ3) is 3.98. The molecule has 2 aliphatic rings. The summed E-state index contributed by atoms with van der Waals surface area (Å²) in [6.07, 6.45) is 0.250. The molecule has 2 heterocycles. The van der Waals surface area contributed by atoms with Crippen molar-refractivity contribution in [3.05, 3.63) is 42.5 Å². The summed E-state index contributed by atoms with van der Waals surface area (Å²) in [4.78, 5) is 28.7. The van der Waals surface area contributed by atoms with E-state index in [9.17, 15) is 9.59 Å². The van der Waals surface area contributed by atoms with Crippen LogP contribution in [-0.2, 0) is 4.79 Å². The molecule has 1 atom stereocenters. The van der Waals surface area contributed by atoms with Crippen molar-refractivity contribution >= 4 is 23.3 Å². The van der Waals surface area contributed by atoms with E-state index in [1.165, 1.54) is 0 Å². The van der Waals surface area contributed by atoms with Crippen molar-refractivity contribution in [2.24, 2.45) is 0 Å². The summed E-state index contributed by atoms with van der Waals surface area (Å²) in [5, 5.41) is 2.99. The van der Waals surface area contributed by atoms with Crippen LogP contribution in [0.4, 0.5) is 16.2 Å². The number of nitrogens with zero attached hydrogens (tertiary/aromatic N) is 2. The van der Waals surface area contributed by atoms with E-state index in [0.29, 0.717) is 37.8 Å². The second-order valence-corrected chi connectivity index (χ2v) is 7.13. The molecule has 3 amide bonds. The molecule has 0 bridgehead atoms. The largest absolute Gasteiger partial charge is 0.497 e. The number of hydrogen-bond donors (Lipinski definition) is 1. The van der Waals surface area contributed by atoms with Crippen LogP contribution in [0.1, 0.15) is 13.3 Å². The molecule has 1 fully saturated rings. The van der Waals surface area contributed by atoms with Gasteiger partial charge in [-0.2, -0.15) is 0 Å². The maximum Gasteiger partial charge on any atom is 0.322 e. The number of urea groups is 1. The summed E-state index contributed by atoms with van der Waals surface area (Å²) in [5.41, 5.74) is 1.51. The molecule has 0 aromatic heterocycles. The fourth-order valence-electron chi connectivity index (χ4n) is 3.71. The summed E-state index contributed by atoms with van der Waals surface area (Å²) in [7, 11) is 1.60. The molecule has 1 N–H and O–H groups in total. The molecule has 0 aliphatic carbocycles. The van der Waals surface area contributed by atoms with E-state index in [0.717, 1.165) is 17.1 Å². The smallest absolute Gasteiger partial charge is 0.322 e. The van der Waals surface area contributed by atoms with Crippen LogP contribution in [0, 0.1) is 0 Å². The predicted octanol–water partition coefficient (Wildman–Crippen LogP) is 2.81. The number of amides is 3. The Labute approximate surface area is 175 Å². The van der Waals surface area contributed by atoms with E-state index >= 15 is 0 Å². The number of carbonyl (C=O) groups is 2. The number of rotatable bonds is 5. The Morgan fingerprint density at radius 2 is 1.90 bits per heavy atom. The van der Waals surface area contributed by atoms with Gasteiger partial charge in [-0.05, 0) is 43.3 Å². The lowest BCUT2D eigenvalue weighted by Crippen LogP contribution is -2.46. The third-order valence-corrected chi connectivity index (χ3v) is 5.24. The number of nitrogens with one attached hydrogen (secondary N) is 1. The Balaban J connectivity index is 1.42. The van der Waals surface area contributed by atoms with Gasteiger partial charge >= 0.3 is 6.03 Å². The van der Waals surface area contributed by atoms with Crippen LogP contribution in [0.15, 0.2) is 42.5 Å². The SMILES string of the molecule is CCN(C(=O)N[C@H]1CC(=O)N(c2ccc3c(c2)OCCO3)C1)c1ccc(OC)cc1. The second-order valence-electron chi connectivity index (χ2n) is 7.13. The highest BCUT2D eigenvalue weighted by Crippen LogP contribution is 2.35. The molecule has 30 heavy (non-hydrogen) atoms. The van der Waals surface area contributed by atoms with Gasteiger partial charge in [0.1, 0.15) is 19.0 Å². The Bertz CT molecular complexity index is 931. The molecule has 1 saturated heterocycles. The van der Waals surface area contributed by atoms with Gasteiger partial charge < -0.3 is 24.4 Å². The number of benzene rings is 2. The van der Waals surface area contributed by atoms with E-state index in [1.54, 1.807) is 16.9 Å². The molecule has 0 saturated carbocycles. The molecule has 4 rings (SSSR count). The van der Waals surface area contributed by atoms with E-state index in [2.05, 4.69) is 5.32 Å². The molecule has 2 aromatic rings. The van der Waals surface area contributed by atoms with Gasteiger partial charge in [0.2, 0.25) is 5.91 Å².